The molecule has 0 aliphatic carbocycles. The number of rotatable bonds is 2. The molecule has 6 heteroatoms. The monoisotopic (exact) mass is 240 g/mol. The van der Waals surface area contributed by atoms with E-state index in [9.17, 15) is 14.9 Å². The summed E-state index contributed by atoms with van der Waals surface area (Å²) in [5.41, 5.74) is 0.559. The molecule has 0 spiro atoms. The number of nitro groups is 1. The van der Waals surface area contributed by atoms with Crippen molar-refractivity contribution in [1.29, 1.82) is 0 Å². The summed E-state index contributed by atoms with van der Waals surface area (Å²) >= 11 is 0.866. The van der Waals surface area contributed by atoms with E-state index in [1.165, 1.54) is 4.90 Å². The van der Waals surface area contributed by atoms with Gasteiger partial charge < -0.3 is 4.90 Å². The zero-order valence-electron chi connectivity index (χ0n) is 9.26. The van der Waals surface area contributed by atoms with Gasteiger partial charge in [0.15, 0.2) is 0 Å². The normalized spacial score (nSPS) is 9.94. The number of hydrogen-bond donors (Lipinski definition) is 0. The van der Waals surface area contributed by atoms with Crippen molar-refractivity contribution in [3.05, 3.63) is 33.9 Å². The van der Waals surface area contributed by atoms with E-state index in [-0.39, 0.29) is 10.9 Å². The minimum atomic E-state index is -0.458. The molecule has 0 N–H and O–H groups in total. The summed E-state index contributed by atoms with van der Waals surface area (Å²) in [5, 5.41) is 10.6. The summed E-state index contributed by atoms with van der Waals surface area (Å²) in [5.74, 6) is 0. The van der Waals surface area contributed by atoms with Crippen LogP contribution < -0.4 is 0 Å². The molecule has 0 saturated carbocycles. The Labute approximate surface area is 97.6 Å². The third kappa shape index (κ3) is 2.73. The number of aryl methyl sites for hydroxylation is 1. The topological polar surface area (TPSA) is 63.5 Å². The number of para-hydroxylation sites is 1. The smallest absolute Gasteiger partial charge is 0.286 e. The number of amides is 1. The Morgan fingerprint density at radius 3 is 2.56 bits per heavy atom. The van der Waals surface area contributed by atoms with E-state index in [2.05, 4.69) is 0 Å². The van der Waals surface area contributed by atoms with Gasteiger partial charge in [-0.3, -0.25) is 14.9 Å². The van der Waals surface area contributed by atoms with Crippen LogP contribution in [0.5, 0.6) is 0 Å². The van der Waals surface area contributed by atoms with E-state index in [1.807, 2.05) is 0 Å². The highest BCUT2D eigenvalue weighted by atomic mass is 32.2. The highest BCUT2D eigenvalue weighted by Crippen LogP contribution is 2.32. The van der Waals surface area contributed by atoms with E-state index in [4.69, 9.17) is 0 Å². The highest BCUT2D eigenvalue weighted by molar-refractivity contribution is 8.13. The first-order valence-electron chi connectivity index (χ1n) is 4.56. The maximum Gasteiger partial charge on any atom is 0.286 e. The molecule has 0 aliphatic rings. The van der Waals surface area contributed by atoms with Gasteiger partial charge in [0.2, 0.25) is 0 Å². The van der Waals surface area contributed by atoms with Crippen LogP contribution in [0.2, 0.25) is 0 Å². The van der Waals surface area contributed by atoms with Crippen molar-refractivity contribution in [3.63, 3.8) is 0 Å². The average molecular weight is 240 g/mol. The summed E-state index contributed by atoms with van der Waals surface area (Å²) in [6.07, 6.45) is 0. The third-order valence-corrected chi connectivity index (χ3v) is 3.03. The van der Waals surface area contributed by atoms with Crippen LogP contribution in [-0.4, -0.2) is 29.2 Å². The minimum absolute atomic E-state index is 0.00250. The van der Waals surface area contributed by atoms with Gasteiger partial charge in [-0.05, 0) is 24.8 Å². The number of nitrogens with zero attached hydrogens (tertiary/aromatic N) is 2. The number of hydrogen-bond acceptors (Lipinski definition) is 4. The minimum Gasteiger partial charge on any atom is -0.339 e. The van der Waals surface area contributed by atoms with E-state index in [0.29, 0.717) is 10.5 Å². The number of benzene rings is 1. The molecule has 0 fully saturated rings. The number of nitro benzene ring substituents is 1. The molecule has 5 nitrogen and oxygen atoms in total. The van der Waals surface area contributed by atoms with Crippen molar-refractivity contribution >= 4 is 22.7 Å². The fraction of sp³-hybridized carbons (Fsp3) is 0.300. The molecule has 1 aromatic carbocycles. The second-order valence-electron chi connectivity index (χ2n) is 3.44. The molecule has 1 rings (SSSR count). The van der Waals surface area contributed by atoms with Gasteiger partial charge in [-0.1, -0.05) is 12.1 Å². The zero-order chi connectivity index (χ0) is 12.3. The fourth-order valence-corrected chi connectivity index (χ4v) is 1.98. The summed E-state index contributed by atoms with van der Waals surface area (Å²) in [7, 11) is 3.22. The van der Waals surface area contributed by atoms with Crippen LogP contribution in [0.1, 0.15) is 5.56 Å². The number of thioether (sulfide) groups is 1. The lowest BCUT2D eigenvalue weighted by atomic mass is 10.2. The standard InChI is InChI=1S/C10H12N2O3S/c1-7-5-4-6-8(9(7)12(14)15)16-10(13)11(2)3/h4-6H,1-3H3. The first-order chi connectivity index (χ1) is 7.43. The number of carbonyl (C=O) groups is 1. The molecular weight excluding hydrogens is 228 g/mol. The zero-order valence-corrected chi connectivity index (χ0v) is 10.1. The van der Waals surface area contributed by atoms with Gasteiger partial charge >= 0.3 is 0 Å². The summed E-state index contributed by atoms with van der Waals surface area (Å²) in [4.78, 5) is 23.6. The van der Waals surface area contributed by atoms with Gasteiger partial charge in [0, 0.05) is 19.7 Å². The predicted molar refractivity (Wildman–Crippen MR) is 62.8 cm³/mol. The van der Waals surface area contributed by atoms with E-state index >= 15 is 0 Å². The van der Waals surface area contributed by atoms with Crippen LogP contribution >= 0.6 is 11.8 Å². The Morgan fingerprint density at radius 2 is 2.06 bits per heavy atom. The Balaban J connectivity index is 3.09. The van der Waals surface area contributed by atoms with Gasteiger partial charge in [-0.2, -0.15) is 0 Å². The second kappa shape index (κ2) is 4.98. The first-order valence-corrected chi connectivity index (χ1v) is 5.38. The van der Waals surface area contributed by atoms with Crippen molar-refractivity contribution in [3.8, 4) is 0 Å². The maximum absolute atomic E-state index is 11.5. The SMILES string of the molecule is Cc1cccc(SC(=O)N(C)C)c1[N+](=O)[O-]. The van der Waals surface area contributed by atoms with Gasteiger partial charge in [-0.25, -0.2) is 0 Å². The molecule has 0 atom stereocenters. The Kier molecular flexibility index (Phi) is 3.89. The van der Waals surface area contributed by atoms with Gasteiger partial charge in [0.05, 0.1) is 9.82 Å². The molecule has 0 aliphatic heterocycles. The third-order valence-electron chi connectivity index (χ3n) is 1.95. The lowest BCUT2D eigenvalue weighted by Gasteiger charge is -2.09. The predicted octanol–water partition coefficient (Wildman–Crippen LogP) is 2.68. The van der Waals surface area contributed by atoms with Crippen molar-refractivity contribution in [2.75, 3.05) is 14.1 Å². The molecule has 1 aromatic rings. The van der Waals surface area contributed by atoms with E-state index in [0.717, 1.165) is 11.8 Å². The van der Waals surface area contributed by atoms with Crippen LogP contribution in [0.15, 0.2) is 23.1 Å². The highest BCUT2D eigenvalue weighted by Gasteiger charge is 2.20. The molecule has 0 unspecified atom stereocenters. The van der Waals surface area contributed by atoms with Crippen LogP contribution in [0, 0.1) is 17.0 Å². The Bertz CT molecular complexity index is 432. The lowest BCUT2D eigenvalue weighted by Crippen LogP contribution is -2.16. The van der Waals surface area contributed by atoms with Gasteiger partial charge in [0.25, 0.3) is 10.9 Å². The maximum atomic E-state index is 11.5. The van der Waals surface area contributed by atoms with Gasteiger partial charge in [0.1, 0.15) is 0 Å². The molecular formula is C10H12N2O3S. The molecule has 0 heterocycles. The first kappa shape index (κ1) is 12.5. The van der Waals surface area contributed by atoms with Gasteiger partial charge in [-0.15, -0.1) is 0 Å². The van der Waals surface area contributed by atoms with Crippen LogP contribution in [0.25, 0.3) is 0 Å². The van der Waals surface area contributed by atoms with Crippen molar-refractivity contribution < 1.29 is 9.72 Å². The molecule has 1 amide bonds. The molecule has 16 heavy (non-hydrogen) atoms. The Morgan fingerprint density at radius 1 is 1.44 bits per heavy atom. The molecule has 0 radical (unpaired) electrons. The number of carbonyl (C=O) groups excluding carboxylic acids is 1. The van der Waals surface area contributed by atoms with E-state index in [1.54, 1.807) is 39.2 Å². The average Bonchev–Trinajstić information content (AvgIpc) is 2.16. The van der Waals surface area contributed by atoms with E-state index < -0.39 is 4.92 Å². The van der Waals surface area contributed by atoms with Crippen molar-refractivity contribution in [2.45, 2.75) is 11.8 Å². The van der Waals surface area contributed by atoms with Crippen molar-refractivity contribution in [1.82, 2.24) is 4.90 Å². The van der Waals surface area contributed by atoms with Crippen LogP contribution in [-0.2, 0) is 0 Å². The lowest BCUT2D eigenvalue weighted by molar-refractivity contribution is -0.388. The molecule has 0 saturated heterocycles. The molecule has 0 aromatic heterocycles. The van der Waals surface area contributed by atoms with Crippen molar-refractivity contribution in [2.24, 2.45) is 0 Å². The van der Waals surface area contributed by atoms with Crippen LogP contribution in [0.4, 0.5) is 10.5 Å². The summed E-state index contributed by atoms with van der Waals surface area (Å²) < 4.78 is 0. The quantitative estimate of drug-likeness (QED) is 0.453. The molecule has 86 valence electrons. The second-order valence-corrected chi connectivity index (χ2v) is 4.43. The molecule has 0 bridgehead atoms. The largest absolute Gasteiger partial charge is 0.339 e. The summed E-state index contributed by atoms with van der Waals surface area (Å²) in [6.45, 7) is 1.66. The summed E-state index contributed by atoms with van der Waals surface area (Å²) in [6, 6.07) is 4.94. The fourth-order valence-electron chi connectivity index (χ4n) is 1.13. The Hall–Kier alpha value is -1.56. The van der Waals surface area contributed by atoms with Crippen LogP contribution in [0.3, 0.4) is 0 Å².